The molecule has 0 unspecified atom stereocenters. The van der Waals surface area contributed by atoms with Crippen molar-refractivity contribution in [2.75, 3.05) is 0 Å². The van der Waals surface area contributed by atoms with Gasteiger partial charge in [-0.2, -0.15) is 0 Å². The first-order valence-corrected chi connectivity index (χ1v) is 13.9. The lowest BCUT2D eigenvalue weighted by atomic mass is 10.0. The molecule has 1 saturated heterocycles. The van der Waals surface area contributed by atoms with Crippen molar-refractivity contribution >= 4 is 23.7 Å². The summed E-state index contributed by atoms with van der Waals surface area (Å²) in [6.07, 6.45) is 17.7. The number of ether oxygens (including phenoxy) is 1. The Balaban J connectivity index is 1.27. The van der Waals surface area contributed by atoms with Crippen molar-refractivity contribution in [3.8, 4) is 0 Å². The number of unbranched alkanes of at least 4 members (excludes halogenated alkanes) is 13. The smallest absolute Gasteiger partial charge is 0.333 e. The number of hydrogen-bond acceptors (Lipinski definition) is 6. The van der Waals surface area contributed by atoms with Gasteiger partial charge in [0.05, 0.1) is 0 Å². The fourth-order valence-corrected chi connectivity index (χ4v) is 4.30. The summed E-state index contributed by atoms with van der Waals surface area (Å²) in [5.74, 6) is -0.946. The Kier molecular flexibility index (Phi) is 15.2. The number of amides is 2. The zero-order valence-electron chi connectivity index (χ0n) is 21.8. The van der Waals surface area contributed by atoms with E-state index < -0.39 is 17.8 Å². The van der Waals surface area contributed by atoms with Crippen molar-refractivity contribution in [1.29, 1.82) is 5.41 Å². The van der Waals surface area contributed by atoms with E-state index in [2.05, 4.69) is 0 Å². The first-order valence-electron chi connectivity index (χ1n) is 13.9. The number of imide groups is 1. The largest absolute Gasteiger partial charge is 0.476 e. The van der Waals surface area contributed by atoms with Gasteiger partial charge in [-0.1, -0.05) is 107 Å². The second kappa shape index (κ2) is 18.6. The van der Waals surface area contributed by atoms with Gasteiger partial charge in [-0.3, -0.25) is 15.0 Å². The van der Waals surface area contributed by atoms with Gasteiger partial charge in [0.1, 0.15) is 6.61 Å². The van der Waals surface area contributed by atoms with Crippen LogP contribution in [0.15, 0.2) is 30.3 Å². The van der Waals surface area contributed by atoms with E-state index in [1.54, 1.807) is 0 Å². The summed E-state index contributed by atoms with van der Waals surface area (Å²) in [7, 11) is 0. The monoisotopic (exact) mass is 500 g/mol. The van der Waals surface area contributed by atoms with E-state index in [-0.39, 0.29) is 19.3 Å². The van der Waals surface area contributed by atoms with Gasteiger partial charge < -0.3 is 9.57 Å². The van der Waals surface area contributed by atoms with Crippen LogP contribution in [0.2, 0.25) is 0 Å². The first-order chi connectivity index (χ1) is 17.6. The van der Waals surface area contributed by atoms with Gasteiger partial charge in [-0.05, 0) is 18.4 Å². The highest BCUT2D eigenvalue weighted by molar-refractivity contribution is 6.01. The fraction of sp³-hybridized carbons (Fsp3) is 0.655. The number of hydrogen-bond donors (Lipinski definition) is 1. The van der Waals surface area contributed by atoms with Crippen molar-refractivity contribution in [3.05, 3.63) is 35.9 Å². The van der Waals surface area contributed by atoms with Crippen LogP contribution in [0.3, 0.4) is 0 Å². The molecule has 0 spiro atoms. The van der Waals surface area contributed by atoms with Crippen LogP contribution in [0, 0.1) is 5.41 Å². The topological polar surface area (TPSA) is 96.8 Å². The van der Waals surface area contributed by atoms with Crippen LogP contribution in [0.25, 0.3) is 0 Å². The second-order valence-corrected chi connectivity index (χ2v) is 9.69. The molecule has 1 aromatic carbocycles. The molecule has 36 heavy (non-hydrogen) atoms. The van der Waals surface area contributed by atoms with E-state index in [4.69, 9.17) is 15.0 Å². The van der Waals surface area contributed by atoms with Gasteiger partial charge in [0.25, 0.3) is 11.8 Å². The third kappa shape index (κ3) is 13.4. The van der Waals surface area contributed by atoms with Crippen molar-refractivity contribution < 1.29 is 24.0 Å². The SMILES string of the molecule is N=C(CCCCCCCCCCCCCCCCC(=O)ON1C(=O)CCC1=O)OCc1ccccc1. The maximum Gasteiger partial charge on any atom is 0.333 e. The molecule has 0 bridgehead atoms. The molecule has 1 N–H and O–H groups in total. The molecule has 0 radical (unpaired) electrons. The van der Waals surface area contributed by atoms with Crippen molar-refractivity contribution in [2.45, 2.75) is 122 Å². The van der Waals surface area contributed by atoms with E-state index >= 15 is 0 Å². The van der Waals surface area contributed by atoms with Crippen LogP contribution in [0.1, 0.15) is 121 Å². The Hall–Kier alpha value is -2.70. The third-order valence-electron chi connectivity index (χ3n) is 6.49. The number of carbonyl (C=O) groups is 3. The van der Waals surface area contributed by atoms with Crippen LogP contribution in [0.4, 0.5) is 0 Å². The Morgan fingerprint density at radius 1 is 0.694 bits per heavy atom. The standard InChI is InChI=1S/C29H44N2O5/c30-26(35-24-25-18-14-13-15-19-25)20-16-11-9-7-5-3-1-2-4-6-8-10-12-17-21-29(34)36-31-27(32)22-23-28(31)33/h13-15,18-19,30H,1-12,16-17,20-24H2. The average molecular weight is 501 g/mol. The summed E-state index contributed by atoms with van der Waals surface area (Å²) >= 11 is 0. The summed E-state index contributed by atoms with van der Waals surface area (Å²) in [6.45, 7) is 0.489. The van der Waals surface area contributed by atoms with E-state index in [0.717, 1.165) is 37.7 Å². The molecule has 0 saturated carbocycles. The molecule has 0 atom stereocenters. The average Bonchev–Trinajstić information content (AvgIpc) is 3.19. The molecule has 1 aromatic rings. The molecule has 0 aromatic heterocycles. The Labute approximate surface area is 216 Å². The molecular formula is C29H44N2O5. The van der Waals surface area contributed by atoms with Crippen LogP contribution in [-0.2, 0) is 30.6 Å². The number of nitrogens with one attached hydrogen (secondary N) is 1. The van der Waals surface area contributed by atoms with Gasteiger partial charge in [0.2, 0.25) is 0 Å². The van der Waals surface area contributed by atoms with Crippen LogP contribution < -0.4 is 0 Å². The highest BCUT2D eigenvalue weighted by atomic mass is 16.7. The highest BCUT2D eigenvalue weighted by Crippen LogP contribution is 2.16. The molecule has 7 nitrogen and oxygen atoms in total. The first kappa shape index (κ1) is 29.5. The predicted molar refractivity (Wildman–Crippen MR) is 140 cm³/mol. The summed E-state index contributed by atoms with van der Waals surface area (Å²) in [4.78, 5) is 39.5. The Morgan fingerprint density at radius 2 is 1.14 bits per heavy atom. The molecular weight excluding hydrogens is 456 g/mol. The van der Waals surface area contributed by atoms with Crippen molar-refractivity contribution in [1.82, 2.24) is 5.06 Å². The lowest BCUT2D eigenvalue weighted by Crippen LogP contribution is -2.31. The number of carbonyl (C=O) groups excluding carboxylic acids is 3. The van der Waals surface area contributed by atoms with E-state index in [9.17, 15) is 14.4 Å². The van der Waals surface area contributed by atoms with Crippen LogP contribution in [-0.4, -0.2) is 28.7 Å². The lowest BCUT2D eigenvalue weighted by molar-refractivity contribution is -0.197. The predicted octanol–water partition coefficient (Wildman–Crippen LogP) is 7.03. The molecule has 200 valence electrons. The summed E-state index contributed by atoms with van der Waals surface area (Å²) in [6, 6.07) is 10.00. The quantitative estimate of drug-likeness (QED) is 0.0897. The maximum absolute atomic E-state index is 11.7. The van der Waals surface area contributed by atoms with Gasteiger partial charge in [0.15, 0.2) is 5.90 Å². The molecule has 7 heteroatoms. The molecule has 1 fully saturated rings. The summed E-state index contributed by atoms with van der Waals surface area (Å²) < 4.78 is 5.53. The zero-order chi connectivity index (χ0) is 25.8. The lowest BCUT2D eigenvalue weighted by Gasteiger charge is -2.12. The molecule has 0 aliphatic carbocycles. The Bertz CT molecular complexity index is 780. The van der Waals surface area contributed by atoms with Gasteiger partial charge in [0, 0.05) is 25.7 Å². The number of hydroxylamine groups is 2. The van der Waals surface area contributed by atoms with Crippen LogP contribution in [0.5, 0.6) is 0 Å². The van der Waals surface area contributed by atoms with Gasteiger partial charge in [-0.25, -0.2) is 4.79 Å². The molecule has 2 rings (SSSR count). The minimum atomic E-state index is -0.495. The van der Waals surface area contributed by atoms with Crippen molar-refractivity contribution in [3.63, 3.8) is 0 Å². The molecule has 1 heterocycles. The number of nitrogens with zero attached hydrogens (tertiary/aromatic N) is 1. The van der Waals surface area contributed by atoms with Gasteiger partial charge in [-0.15, -0.1) is 5.06 Å². The van der Waals surface area contributed by atoms with E-state index in [0.29, 0.717) is 17.6 Å². The number of rotatable bonds is 20. The van der Waals surface area contributed by atoms with Crippen LogP contribution >= 0.6 is 0 Å². The Morgan fingerprint density at radius 3 is 1.64 bits per heavy atom. The van der Waals surface area contributed by atoms with Crippen molar-refractivity contribution in [2.24, 2.45) is 0 Å². The highest BCUT2D eigenvalue weighted by Gasteiger charge is 2.32. The van der Waals surface area contributed by atoms with E-state index in [1.165, 1.54) is 64.2 Å². The maximum atomic E-state index is 11.7. The minimum absolute atomic E-state index is 0.130. The molecule has 1 aliphatic rings. The van der Waals surface area contributed by atoms with E-state index in [1.807, 2.05) is 30.3 Å². The summed E-state index contributed by atoms with van der Waals surface area (Å²) in [5.41, 5.74) is 1.11. The summed E-state index contributed by atoms with van der Waals surface area (Å²) in [5, 5.41) is 8.54. The molecule has 1 aliphatic heterocycles. The third-order valence-corrected chi connectivity index (χ3v) is 6.49. The second-order valence-electron chi connectivity index (χ2n) is 9.69. The zero-order valence-corrected chi connectivity index (χ0v) is 21.8. The minimum Gasteiger partial charge on any atom is -0.476 e. The normalized spacial score (nSPS) is 13.3. The number of benzene rings is 1. The molecule has 2 amide bonds. The fourth-order valence-electron chi connectivity index (χ4n) is 4.30. The van der Waals surface area contributed by atoms with Gasteiger partial charge >= 0.3 is 5.97 Å².